The minimum absolute atomic E-state index is 0.586. The lowest BCUT2D eigenvalue weighted by Crippen LogP contribution is -1.96. The minimum atomic E-state index is 0.586. The van der Waals surface area contributed by atoms with Gasteiger partial charge in [-0.15, -0.1) is 0 Å². The van der Waals surface area contributed by atoms with Gasteiger partial charge in [0.25, 0.3) is 0 Å². The zero-order valence-electron chi connectivity index (χ0n) is 8.12. The smallest absolute Gasteiger partial charge is 0.178 e. The second-order valence-electron chi connectivity index (χ2n) is 3.23. The van der Waals surface area contributed by atoms with Crippen LogP contribution in [0.25, 0.3) is 11.3 Å². The van der Waals surface area contributed by atoms with Crippen molar-refractivity contribution in [1.29, 1.82) is 0 Å². The third-order valence-electron chi connectivity index (χ3n) is 2.30. The molecule has 0 aliphatic heterocycles. The highest BCUT2D eigenvalue weighted by molar-refractivity contribution is 7.71. The lowest BCUT2D eigenvalue weighted by Gasteiger charge is -2.02. The highest BCUT2D eigenvalue weighted by atomic mass is 35.5. The maximum Gasteiger partial charge on any atom is 0.178 e. The number of imidazole rings is 1. The summed E-state index contributed by atoms with van der Waals surface area (Å²) < 4.78 is 2.30. The van der Waals surface area contributed by atoms with Gasteiger partial charge in [-0.05, 0) is 18.3 Å². The number of H-pyrrole nitrogens is 1. The normalized spacial score (nSPS) is 10.5. The molecule has 0 atom stereocenters. The number of anilines is 1. The van der Waals surface area contributed by atoms with Crippen LogP contribution in [0.5, 0.6) is 0 Å². The van der Waals surface area contributed by atoms with E-state index in [2.05, 4.69) is 4.98 Å². The van der Waals surface area contributed by atoms with Gasteiger partial charge >= 0.3 is 0 Å². The summed E-state index contributed by atoms with van der Waals surface area (Å²) in [5.41, 5.74) is 7.55. The summed E-state index contributed by atoms with van der Waals surface area (Å²) in [4.78, 5) is 3.04. The Balaban J connectivity index is 2.70. The number of nitrogens with zero attached hydrogens (tertiary/aromatic N) is 1. The summed E-state index contributed by atoms with van der Waals surface area (Å²) in [6, 6.07) is 7.50. The molecule has 0 bridgehead atoms. The van der Waals surface area contributed by atoms with Gasteiger partial charge in [0, 0.05) is 12.6 Å². The highest BCUT2D eigenvalue weighted by Gasteiger charge is 2.10. The molecule has 2 aromatic rings. The summed E-state index contributed by atoms with van der Waals surface area (Å²) in [7, 11) is 1.81. The molecule has 0 fully saturated rings. The average molecular weight is 240 g/mol. The van der Waals surface area contributed by atoms with Crippen molar-refractivity contribution >= 4 is 29.6 Å². The van der Waals surface area contributed by atoms with Gasteiger partial charge in [0.1, 0.15) is 5.82 Å². The van der Waals surface area contributed by atoms with E-state index in [0.29, 0.717) is 15.6 Å². The van der Waals surface area contributed by atoms with Crippen LogP contribution in [0, 0.1) is 4.77 Å². The molecule has 0 aliphatic rings. The summed E-state index contributed by atoms with van der Waals surface area (Å²) in [5, 5.41) is 0.654. The Bertz CT molecular complexity index is 556. The van der Waals surface area contributed by atoms with Crippen molar-refractivity contribution in [3.8, 4) is 11.3 Å². The first-order chi connectivity index (χ1) is 7.11. The Morgan fingerprint density at radius 1 is 1.40 bits per heavy atom. The number of aromatic amines is 1. The predicted molar refractivity (Wildman–Crippen MR) is 65.5 cm³/mol. The van der Waals surface area contributed by atoms with Gasteiger partial charge < -0.3 is 15.3 Å². The van der Waals surface area contributed by atoms with Crippen molar-refractivity contribution in [3.63, 3.8) is 0 Å². The standard InChI is InChI=1S/C10H10ClN3S/c1-14-9(12)8(13-10(14)15)6-4-2-3-5-7(6)11/h2-5H,12H2,1H3,(H,13,15). The fourth-order valence-corrected chi connectivity index (χ4v) is 1.83. The molecule has 0 saturated carbocycles. The second kappa shape index (κ2) is 3.72. The topological polar surface area (TPSA) is 46.7 Å². The van der Waals surface area contributed by atoms with Crippen molar-refractivity contribution in [3.05, 3.63) is 34.1 Å². The summed E-state index contributed by atoms with van der Waals surface area (Å²) >= 11 is 11.2. The number of nitrogens with two attached hydrogens (primary N) is 1. The van der Waals surface area contributed by atoms with Gasteiger partial charge in [0.05, 0.1) is 10.7 Å². The third kappa shape index (κ3) is 1.66. The summed E-state index contributed by atoms with van der Waals surface area (Å²) in [6.07, 6.45) is 0. The Morgan fingerprint density at radius 3 is 2.60 bits per heavy atom. The highest BCUT2D eigenvalue weighted by Crippen LogP contribution is 2.30. The fourth-order valence-electron chi connectivity index (χ4n) is 1.40. The van der Waals surface area contributed by atoms with Crippen molar-refractivity contribution in [1.82, 2.24) is 9.55 Å². The number of nitrogens with one attached hydrogen (secondary N) is 1. The first-order valence-corrected chi connectivity index (χ1v) is 5.19. The Morgan fingerprint density at radius 2 is 2.07 bits per heavy atom. The molecule has 0 radical (unpaired) electrons. The van der Waals surface area contributed by atoms with E-state index in [4.69, 9.17) is 29.6 Å². The van der Waals surface area contributed by atoms with E-state index < -0.39 is 0 Å². The molecule has 1 heterocycles. The second-order valence-corrected chi connectivity index (χ2v) is 4.02. The number of hydrogen-bond donors (Lipinski definition) is 2. The molecule has 3 N–H and O–H groups in total. The Labute approximate surface area is 97.5 Å². The Hall–Kier alpha value is -1.26. The molecule has 2 rings (SSSR count). The SMILES string of the molecule is Cn1c(N)c(-c2ccccc2Cl)[nH]c1=S. The van der Waals surface area contributed by atoms with Gasteiger partial charge in [-0.1, -0.05) is 29.8 Å². The van der Waals surface area contributed by atoms with E-state index >= 15 is 0 Å². The first kappa shape index (κ1) is 10.3. The molecular formula is C10H10ClN3S. The van der Waals surface area contributed by atoms with E-state index in [-0.39, 0.29) is 0 Å². The lowest BCUT2D eigenvalue weighted by molar-refractivity contribution is 0.906. The van der Waals surface area contributed by atoms with Crippen LogP contribution in [-0.2, 0) is 7.05 Å². The van der Waals surface area contributed by atoms with Crippen molar-refractivity contribution in [2.45, 2.75) is 0 Å². The molecule has 1 aromatic heterocycles. The van der Waals surface area contributed by atoms with Crippen LogP contribution in [0.3, 0.4) is 0 Å². The maximum absolute atomic E-state index is 6.07. The van der Waals surface area contributed by atoms with E-state index in [1.54, 1.807) is 4.57 Å². The van der Waals surface area contributed by atoms with Crippen LogP contribution in [-0.4, -0.2) is 9.55 Å². The van der Waals surface area contributed by atoms with Gasteiger partial charge in [-0.2, -0.15) is 0 Å². The molecule has 0 unspecified atom stereocenters. The fraction of sp³-hybridized carbons (Fsp3) is 0.100. The zero-order chi connectivity index (χ0) is 11.0. The number of nitrogen functional groups attached to an aromatic ring is 1. The summed E-state index contributed by atoms with van der Waals surface area (Å²) in [5.74, 6) is 0.591. The molecule has 15 heavy (non-hydrogen) atoms. The van der Waals surface area contributed by atoms with Gasteiger partial charge in [0.2, 0.25) is 0 Å². The van der Waals surface area contributed by atoms with Gasteiger partial charge in [-0.3, -0.25) is 0 Å². The van der Waals surface area contributed by atoms with Crippen molar-refractivity contribution < 1.29 is 0 Å². The molecule has 5 heteroatoms. The monoisotopic (exact) mass is 239 g/mol. The van der Waals surface area contributed by atoms with Crippen molar-refractivity contribution in [2.75, 3.05) is 5.73 Å². The van der Waals surface area contributed by atoms with E-state index in [1.807, 2.05) is 31.3 Å². The van der Waals surface area contributed by atoms with Crippen LogP contribution >= 0.6 is 23.8 Å². The lowest BCUT2D eigenvalue weighted by atomic mass is 10.1. The number of hydrogen-bond acceptors (Lipinski definition) is 2. The van der Waals surface area contributed by atoms with E-state index in [0.717, 1.165) is 11.3 Å². The maximum atomic E-state index is 6.07. The van der Waals surface area contributed by atoms with E-state index in [1.165, 1.54) is 0 Å². The van der Waals surface area contributed by atoms with Gasteiger partial charge in [0.15, 0.2) is 4.77 Å². The van der Waals surface area contributed by atoms with Crippen LogP contribution in [0.15, 0.2) is 24.3 Å². The number of halogens is 1. The number of rotatable bonds is 1. The van der Waals surface area contributed by atoms with Crippen LogP contribution < -0.4 is 5.73 Å². The van der Waals surface area contributed by atoms with Crippen LogP contribution in [0.2, 0.25) is 5.02 Å². The summed E-state index contributed by atoms with van der Waals surface area (Å²) in [6.45, 7) is 0. The molecule has 0 saturated heterocycles. The largest absolute Gasteiger partial charge is 0.383 e. The predicted octanol–water partition coefficient (Wildman–Crippen LogP) is 2.99. The molecule has 0 amide bonds. The molecule has 78 valence electrons. The average Bonchev–Trinajstić information content (AvgIpc) is 2.47. The minimum Gasteiger partial charge on any atom is -0.383 e. The quantitative estimate of drug-likeness (QED) is 0.752. The number of benzene rings is 1. The molecule has 3 nitrogen and oxygen atoms in total. The van der Waals surface area contributed by atoms with Crippen LogP contribution in [0.1, 0.15) is 0 Å². The third-order valence-corrected chi connectivity index (χ3v) is 3.00. The van der Waals surface area contributed by atoms with E-state index in [9.17, 15) is 0 Å². The Kier molecular flexibility index (Phi) is 2.54. The molecule has 0 aliphatic carbocycles. The molecule has 1 aromatic carbocycles. The molecule has 0 spiro atoms. The zero-order valence-corrected chi connectivity index (χ0v) is 9.69. The van der Waals surface area contributed by atoms with Crippen LogP contribution in [0.4, 0.5) is 5.82 Å². The van der Waals surface area contributed by atoms with Gasteiger partial charge in [-0.25, -0.2) is 0 Å². The number of aromatic nitrogens is 2. The first-order valence-electron chi connectivity index (χ1n) is 4.40. The molecular weight excluding hydrogens is 230 g/mol. The van der Waals surface area contributed by atoms with Crippen molar-refractivity contribution in [2.24, 2.45) is 7.05 Å².